The van der Waals surface area contributed by atoms with Gasteiger partial charge in [-0.3, -0.25) is 4.90 Å². The van der Waals surface area contributed by atoms with Crippen LogP contribution in [0.25, 0.3) is 0 Å². The van der Waals surface area contributed by atoms with Crippen LogP contribution in [-0.2, 0) is 11.3 Å². The molecule has 1 aromatic rings. The number of alkyl halides is 1. The summed E-state index contributed by atoms with van der Waals surface area (Å²) in [6.45, 7) is 2.95. The zero-order valence-electron chi connectivity index (χ0n) is 9.46. The number of methoxy groups -OCH3 is 1. The maximum atomic E-state index is 13.0. The van der Waals surface area contributed by atoms with Gasteiger partial charge in [0.15, 0.2) is 0 Å². The van der Waals surface area contributed by atoms with Crippen molar-refractivity contribution in [1.82, 2.24) is 4.90 Å². The van der Waals surface area contributed by atoms with E-state index >= 15 is 0 Å². The number of hydrogen-bond donors (Lipinski definition) is 0. The van der Waals surface area contributed by atoms with Gasteiger partial charge in [-0.1, -0.05) is 12.1 Å². The van der Waals surface area contributed by atoms with Gasteiger partial charge >= 0.3 is 0 Å². The molecule has 1 aromatic carbocycles. The van der Waals surface area contributed by atoms with Crippen molar-refractivity contribution in [2.75, 3.05) is 32.7 Å². The molecule has 0 radical (unpaired) electrons. The Morgan fingerprint density at radius 2 is 2.19 bits per heavy atom. The van der Waals surface area contributed by atoms with Crippen LogP contribution < -0.4 is 0 Å². The molecule has 0 unspecified atom stereocenters. The molecule has 0 aliphatic heterocycles. The van der Waals surface area contributed by atoms with Crippen molar-refractivity contribution in [1.29, 1.82) is 0 Å². The molecule has 90 valence electrons. The van der Waals surface area contributed by atoms with Gasteiger partial charge in [-0.05, 0) is 17.7 Å². The summed E-state index contributed by atoms with van der Waals surface area (Å²) in [5.74, 6) is 0.369. The first-order valence-corrected chi connectivity index (χ1v) is 5.81. The Morgan fingerprint density at radius 3 is 2.81 bits per heavy atom. The van der Waals surface area contributed by atoms with Crippen molar-refractivity contribution in [2.45, 2.75) is 6.54 Å². The molecular formula is C12H17ClFNO. The monoisotopic (exact) mass is 245 g/mol. The van der Waals surface area contributed by atoms with E-state index in [1.54, 1.807) is 19.2 Å². The lowest BCUT2D eigenvalue weighted by Gasteiger charge is -2.20. The smallest absolute Gasteiger partial charge is 0.123 e. The number of hydrogen-bond acceptors (Lipinski definition) is 2. The maximum Gasteiger partial charge on any atom is 0.123 e. The third-order valence-electron chi connectivity index (χ3n) is 2.31. The van der Waals surface area contributed by atoms with Gasteiger partial charge in [0.1, 0.15) is 5.82 Å². The number of nitrogens with zero attached hydrogens (tertiary/aromatic N) is 1. The molecular weight excluding hydrogens is 229 g/mol. The highest BCUT2D eigenvalue weighted by Gasteiger charge is 2.05. The Labute approximate surface area is 101 Å². The third-order valence-corrected chi connectivity index (χ3v) is 2.48. The van der Waals surface area contributed by atoms with E-state index in [0.29, 0.717) is 19.0 Å². The van der Waals surface area contributed by atoms with Gasteiger partial charge in [0.25, 0.3) is 0 Å². The Morgan fingerprint density at radius 1 is 1.38 bits per heavy atom. The fraction of sp³-hybridized carbons (Fsp3) is 0.500. The van der Waals surface area contributed by atoms with Gasteiger partial charge < -0.3 is 4.74 Å². The molecule has 0 N–H and O–H groups in total. The van der Waals surface area contributed by atoms with E-state index in [2.05, 4.69) is 4.90 Å². The molecule has 16 heavy (non-hydrogen) atoms. The van der Waals surface area contributed by atoms with Crippen LogP contribution in [0.3, 0.4) is 0 Å². The van der Waals surface area contributed by atoms with Crippen LogP contribution in [0.5, 0.6) is 0 Å². The van der Waals surface area contributed by atoms with Gasteiger partial charge in [0.2, 0.25) is 0 Å². The summed E-state index contributed by atoms with van der Waals surface area (Å²) < 4.78 is 18.0. The van der Waals surface area contributed by atoms with Crippen molar-refractivity contribution in [3.8, 4) is 0 Å². The first kappa shape index (κ1) is 13.4. The molecule has 0 aliphatic rings. The topological polar surface area (TPSA) is 12.5 Å². The number of rotatable bonds is 7. The quantitative estimate of drug-likeness (QED) is 0.685. The fourth-order valence-corrected chi connectivity index (χ4v) is 1.74. The van der Waals surface area contributed by atoms with E-state index in [1.807, 2.05) is 6.07 Å². The minimum atomic E-state index is -0.199. The maximum absolute atomic E-state index is 13.0. The average molecular weight is 246 g/mol. The van der Waals surface area contributed by atoms with Gasteiger partial charge in [0.05, 0.1) is 6.61 Å². The molecule has 0 amide bonds. The molecule has 2 nitrogen and oxygen atoms in total. The summed E-state index contributed by atoms with van der Waals surface area (Å²) in [6.07, 6.45) is 0. The first-order chi connectivity index (χ1) is 7.76. The van der Waals surface area contributed by atoms with Gasteiger partial charge in [-0.2, -0.15) is 0 Å². The van der Waals surface area contributed by atoms with Crippen LogP contribution in [0, 0.1) is 5.82 Å². The molecule has 0 atom stereocenters. The highest BCUT2D eigenvalue weighted by atomic mass is 35.5. The summed E-state index contributed by atoms with van der Waals surface area (Å²) in [5.41, 5.74) is 0.959. The van der Waals surface area contributed by atoms with Crippen molar-refractivity contribution in [3.63, 3.8) is 0 Å². The molecule has 0 bridgehead atoms. The van der Waals surface area contributed by atoms with Crippen LogP contribution in [-0.4, -0.2) is 37.6 Å². The fourth-order valence-electron chi connectivity index (χ4n) is 1.50. The summed E-state index contributed by atoms with van der Waals surface area (Å²) in [5, 5.41) is 0. The van der Waals surface area contributed by atoms with Crippen molar-refractivity contribution >= 4 is 11.6 Å². The Balaban J connectivity index is 2.52. The normalized spacial score (nSPS) is 11.0. The van der Waals surface area contributed by atoms with E-state index in [1.165, 1.54) is 6.07 Å². The van der Waals surface area contributed by atoms with Crippen LogP contribution in [0.2, 0.25) is 0 Å². The SMILES string of the molecule is COCCN(CCCl)Cc1cccc(F)c1. The first-order valence-electron chi connectivity index (χ1n) is 5.28. The molecule has 0 heterocycles. The number of halogens is 2. The summed E-state index contributed by atoms with van der Waals surface area (Å²) in [7, 11) is 1.67. The van der Waals surface area contributed by atoms with E-state index in [4.69, 9.17) is 16.3 Å². The van der Waals surface area contributed by atoms with Crippen molar-refractivity contribution in [3.05, 3.63) is 35.6 Å². The molecule has 0 fully saturated rings. The van der Waals surface area contributed by atoms with E-state index in [9.17, 15) is 4.39 Å². The van der Waals surface area contributed by atoms with E-state index in [0.717, 1.165) is 18.7 Å². The molecule has 0 spiro atoms. The predicted octanol–water partition coefficient (Wildman–Crippen LogP) is 2.51. The lowest BCUT2D eigenvalue weighted by atomic mass is 10.2. The Hall–Kier alpha value is -0.640. The molecule has 0 aliphatic carbocycles. The summed E-state index contributed by atoms with van der Waals surface area (Å²) in [4.78, 5) is 2.14. The molecule has 0 saturated heterocycles. The van der Waals surface area contributed by atoms with E-state index < -0.39 is 0 Å². The van der Waals surface area contributed by atoms with Gasteiger partial charge in [-0.15, -0.1) is 11.6 Å². The van der Waals surface area contributed by atoms with Crippen LogP contribution in [0.4, 0.5) is 4.39 Å². The van der Waals surface area contributed by atoms with Gasteiger partial charge in [0, 0.05) is 32.6 Å². The van der Waals surface area contributed by atoms with Crippen molar-refractivity contribution in [2.24, 2.45) is 0 Å². The molecule has 0 saturated carbocycles. The Kier molecular flexibility index (Phi) is 6.38. The molecule has 1 rings (SSSR count). The minimum Gasteiger partial charge on any atom is -0.383 e. The van der Waals surface area contributed by atoms with Crippen molar-refractivity contribution < 1.29 is 9.13 Å². The highest BCUT2D eigenvalue weighted by Crippen LogP contribution is 2.07. The van der Waals surface area contributed by atoms with E-state index in [-0.39, 0.29) is 5.82 Å². The highest BCUT2D eigenvalue weighted by molar-refractivity contribution is 6.18. The second-order valence-electron chi connectivity index (χ2n) is 3.59. The van der Waals surface area contributed by atoms with Gasteiger partial charge in [-0.25, -0.2) is 4.39 Å². The second-order valence-corrected chi connectivity index (χ2v) is 3.97. The third kappa shape index (κ3) is 4.92. The molecule has 4 heteroatoms. The van der Waals surface area contributed by atoms with Crippen LogP contribution in [0.1, 0.15) is 5.56 Å². The predicted molar refractivity (Wildman–Crippen MR) is 64.3 cm³/mol. The largest absolute Gasteiger partial charge is 0.383 e. The number of ether oxygens (including phenoxy) is 1. The standard InChI is InChI=1S/C12H17ClFNO/c1-16-8-7-15(6-5-13)10-11-3-2-4-12(14)9-11/h2-4,9H,5-8,10H2,1H3. The number of benzene rings is 1. The minimum absolute atomic E-state index is 0.199. The summed E-state index contributed by atoms with van der Waals surface area (Å²) >= 11 is 5.72. The van der Waals surface area contributed by atoms with Crippen LogP contribution in [0.15, 0.2) is 24.3 Å². The Bertz CT molecular complexity index is 309. The lowest BCUT2D eigenvalue weighted by molar-refractivity contribution is 0.148. The second kappa shape index (κ2) is 7.60. The molecule has 0 aromatic heterocycles. The summed E-state index contributed by atoms with van der Waals surface area (Å²) in [6, 6.07) is 6.63. The lowest BCUT2D eigenvalue weighted by Crippen LogP contribution is -2.28. The average Bonchev–Trinajstić information content (AvgIpc) is 2.26. The van der Waals surface area contributed by atoms with Crippen LogP contribution >= 0.6 is 11.6 Å². The zero-order chi connectivity index (χ0) is 11.8. The zero-order valence-corrected chi connectivity index (χ0v) is 10.2.